The third kappa shape index (κ3) is 3.82. The first-order chi connectivity index (χ1) is 6.70. The van der Waals surface area contributed by atoms with E-state index in [1.807, 2.05) is 0 Å². The first kappa shape index (κ1) is 12.4. The number of rotatable bonds is 6. The fraction of sp³-hybridized carbons (Fsp3) is 1.00. The second kappa shape index (κ2) is 6.02. The van der Waals surface area contributed by atoms with Crippen molar-refractivity contribution < 1.29 is 0 Å². The zero-order valence-corrected chi connectivity index (χ0v) is 10.8. The summed E-state index contributed by atoms with van der Waals surface area (Å²) >= 11 is 2.08. The van der Waals surface area contributed by atoms with Crippen LogP contribution in [0.3, 0.4) is 0 Å². The van der Waals surface area contributed by atoms with Gasteiger partial charge in [-0.3, -0.25) is 4.90 Å². The van der Waals surface area contributed by atoms with Gasteiger partial charge in [-0.05, 0) is 24.8 Å². The molecule has 0 radical (unpaired) electrons. The van der Waals surface area contributed by atoms with Crippen molar-refractivity contribution in [3.05, 3.63) is 0 Å². The van der Waals surface area contributed by atoms with E-state index in [4.69, 9.17) is 0 Å². The van der Waals surface area contributed by atoms with E-state index in [2.05, 4.69) is 37.4 Å². The van der Waals surface area contributed by atoms with Crippen LogP contribution in [0, 0.1) is 5.41 Å². The topological polar surface area (TPSA) is 3.24 Å². The molecule has 0 saturated carbocycles. The number of thioether (sulfide) groups is 1. The molecule has 0 bridgehead atoms. The van der Waals surface area contributed by atoms with Crippen LogP contribution in [0.15, 0.2) is 0 Å². The van der Waals surface area contributed by atoms with E-state index in [-0.39, 0.29) is 0 Å². The number of nitrogens with zero attached hydrogens (tertiary/aromatic N) is 1. The summed E-state index contributed by atoms with van der Waals surface area (Å²) in [5.74, 6) is 2.62. The van der Waals surface area contributed by atoms with Crippen molar-refractivity contribution in [1.29, 1.82) is 0 Å². The van der Waals surface area contributed by atoms with Gasteiger partial charge in [0.25, 0.3) is 0 Å². The van der Waals surface area contributed by atoms with Gasteiger partial charge in [0, 0.05) is 18.2 Å². The predicted molar refractivity (Wildman–Crippen MR) is 66.8 cm³/mol. The van der Waals surface area contributed by atoms with E-state index < -0.39 is 0 Å². The van der Waals surface area contributed by atoms with Gasteiger partial charge < -0.3 is 0 Å². The monoisotopic (exact) mass is 215 g/mol. The first-order valence-corrected chi connectivity index (χ1v) is 7.16. The zero-order valence-electron chi connectivity index (χ0n) is 10.0. The van der Waals surface area contributed by atoms with Crippen LogP contribution in [0.4, 0.5) is 0 Å². The first-order valence-electron chi connectivity index (χ1n) is 6.00. The number of hydrogen-bond acceptors (Lipinski definition) is 2. The summed E-state index contributed by atoms with van der Waals surface area (Å²) in [6, 6.07) is 0. The third-order valence-corrected chi connectivity index (χ3v) is 4.81. The Balaban J connectivity index is 2.12. The van der Waals surface area contributed by atoms with Gasteiger partial charge in [0.05, 0.1) is 0 Å². The molecule has 1 rings (SSSR count). The van der Waals surface area contributed by atoms with Crippen LogP contribution in [-0.4, -0.2) is 29.6 Å². The highest BCUT2D eigenvalue weighted by Gasteiger charge is 2.20. The lowest BCUT2D eigenvalue weighted by Crippen LogP contribution is -2.23. The van der Waals surface area contributed by atoms with Crippen LogP contribution in [0.1, 0.15) is 46.5 Å². The quantitative estimate of drug-likeness (QED) is 0.666. The second-order valence-electron chi connectivity index (χ2n) is 4.78. The van der Waals surface area contributed by atoms with Crippen molar-refractivity contribution in [2.24, 2.45) is 5.41 Å². The van der Waals surface area contributed by atoms with E-state index in [1.165, 1.54) is 50.4 Å². The molecule has 1 aliphatic heterocycles. The average molecular weight is 215 g/mol. The van der Waals surface area contributed by atoms with E-state index in [1.54, 1.807) is 0 Å². The van der Waals surface area contributed by atoms with E-state index in [0.29, 0.717) is 5.41 Å². The minimum absolute atomic E-state index is 0.604. The van der Waals surface area contributed by atoms with Crippen molar-refractivity contribution in [1.82, 2.24) is 4.90 Å². The molecule has 0 aromatic carbocycles. The Labute approximate surface area is 93.6 Å². The van der Waals surface area contributed by atoms with Gasteiger partial charge in [0.1, 0.15) is 0 Å². The van der Waals surface area contributed by atoms with Crippen molar-refractivity contribution in [2.45, 2.75) is 46.5 Å². The summed E-state index contributed by atoms with van der Waals surface area (Å²) in [5, 5.41) is 0. The molecule has 0 unspecified atom stereocenters. The van der Waals surface area contributed by atoms with Crippen LogP contribution in [0.5, 0.6) is 0 Å². The van der Waals surface area contributed by atoms with Crippen LogP contribution < -0.4 is 0 Å². The molecule has 0 amide bonds. The van der Waals surface area contributed by atoms with E-state index in [0.717, 1.165) is 0 Å². The molecule has 0 aromatic heterocycles. The Morgan fingerprint density at radius 3 is 2.50 bits per heavy atom. The molecule has 84 valence electrons. The van der Waals surface area contributed by atoms with Gasteiger partial charge in [-0.2, -0.15) is 0 Å². The molecule has 1 heterocycles. The van der Waals surface area contributed by atoms with Crippen LogP contribution >= 0.6 is 11.8 Å². The predicted octanol–water partition coefficient (Wildman–Crippen LogP) is 3.60. The maximum Gasteiger partial charge on any atom is 0.0445 e. The molecule has 1 nitrogen and oxygen atoms in total. The number of hydrogen-bond donors (Lipinski definition) is 0. The summed E-state index contributed by atoms with van der Waals surface area (Å²) in [4.78, 5) is 2.59. The molecule has 0 N–H and O–H groups in total. The van der Waals surface area contributed by atoms with Crippen molar-refractivity contribution in [2.75, 3.05) is 24.7 Å². The molecule has 0 spiro atoms. The molecule has 14 heavy (non-hydrogen) atoms. The molecule has 2 heteroatoms. The Morgan fingerprint density at radius 2 is 2.00 bits per heavy atom. The maximum atomic E-state index is 2.59. The van der Waals surface area contributed by atoms with Crippen molar-refractivity contribution in [3.63, 3.8) is 0 Å². The molecular weight excluding hydrogens is 190 g/mol. The lowest BCUT2D eigenvalue weighted by atomic mass is 9.80. The normalized spacial score (nSPS) is 19.1. The Kier molecular flexibility index (Phi) is 5.32. The molecule has 1 saturated heterocycles. The summed E-state index contributed by atoms with van der Waals surface area (Å²) in [7, 11) is 0. The van der Waals surface area contributed by atoms with Gasteiger partial charge in [0.2, 0.25) is 0 Å². The zero-order chi connectivity index (χ0) is 10.4. The highest BCUT2D eigenvalue weighted by molar-refractivity contribution is 7.99. The van der Waals surface area contributed by atoms with Crippen LogP contribution in [0.25, 0.3) is 0 Å². The molecule has 0 atom stereocenters. The fourth-order valence-electron chi connectivity index (χ4n) is 1.96. The van der Waals surface area contributed by atoms with Gasteiger partial charge in [-0.25, -0.2) is 0 Å². The molecule has 1 fully saturated rings. The van der Waals surface area contributed by atoms with Gasteiger partial charge in [-0.15, -0.1) is 11.8 Å². The summed E-state index contributed by atoms with van der Waals surface area (Å²) in [6.45, 7) is 9.73. The molecule has 0 aromatic rings. The molecule has 1 aliphatic rings. The van der Waals surface area contributed by atoms with Crippen LogP contribution in [0.2, 0.25) is 0 Å². The summed E-state index contributed by atoms with van der Waals surface area (Å²) in [5.41, 5.74) is 0.604. The molecule has 0 aliphatic carbocycles. The molecular formula is C12H25NS. The SMILES string of the molecule is CCC(C)(CC)CCCN1CCSC1. The van der Waals surface area contributed by atoms with Crippen molar-refractivity contribution >= 4 is 11.8 Å². The van der Waals surface area contributed by atoms with Crippen molar-refractivity contribution in [3.8, 4) is 0 Å². The average Bonchev–Trinajstić information content (AvgIpc) is 2.70. The highest BCUT2D eigenvalue weighted by Crippen LogP contribution is 2.31. The maximum absolute atomic E-state index is 2.59. The van der Waals surface area contributed by atoms with Gasteiger partial charge in [0.15, 0.2) is 0 Å². The Hall–Kier alpha value is 0.310. The largest absolute Gasteiger partial charge is 0.293 e. The van der Waals surface area contributed by atoms with Gasteiger partial charge >= 0.3 is 0 Å². The van der Waals surface area contributed by atoms with Gasteiger partial charge in [-0.1, -0.05) is 33.6 Å². The Morgan fingerprint density at radius 1 is 1.29 bits per heavy atom. The summed E-state index contributed by atoms with van der Waals surface area (Å²) in [6.07, 6.45) is 5.45. The van der Waals surface area contributed by atoms with E-state index >= 15 is 0 Å². The van der Waals surface area contributed by atoms with E-state index in [9.17, 15) is 0 Å². The lowest BCUT2D eigenvalue weighted by Gasteiger charge is -2.27. The minimum Gasteiger partial charge on any atom is -0.293 e. The summed E-state index contributed by atoms with van der Waals surface area (Å²) < 4.78 is 0. The minimum atomic E-state index is 0.604. The lowest BCUT2D eigenvalue weighted by molar-refractivity contribution is 0.242. The second-order valence-corrected chi connectivity index (χ2v) is 5.85. The fourth-order valence-corrected chi connectivity index (χ4v) is 2.99. The van der Waals surface area contributed by atoms with Crippen LogP contribution in [-0.2, 0) is 0 Å². The standard InChI is InChI=1S/C12H25NS/c1-4-12(3,5-2)7-6-8-13-9-10-14-11-13/h4-11H2,1-3H3. The third-order valence-electron chi connectivity index (χ3n) is 3.79. The Bertz CT molecular complexity index is 148. The highest BCUT2D eigenvalue weighted by atomic mass is 32.2. The smallest absolute Gasteiger partial charge is 0.0445 e.